The molecule has 0 spiro atoms. The Morgan fingerprint density at radius 2 is 1.60 bits per heavy atom. The van der Waals surface area contributed by atoms with Gasteiger partial charge in [0, 0.05) is 45.3 Å². The van der Waals surface area contributed by atoms with Crippen LogP contribution in [0.4, 0.5) is 4.79 Å². The molecular formula is C14H23N3O3. The van der Waals surface area contributed by atoms with Crippen LogP contribution in [0.15, 0.2) is 0 Å². The second kappa shape index (κ2) is 5.60. The molecule has 0 radical (unpaired) electrons. The van der Waals surface area contributed by atoms with Gasteiger partial charge in [0.25, 0.3) is 0 Å². The van der Waals surface area contributed by atoms with Crippen LogP contribution in [-0.2, 0) is 4.79 Å². The predicted octanol–water partition coefficient (Wildman–Crippen LogP) is 0.683. The number of carbonyl (C=O) groups excluding carboxylic acids is 1. The minimum atomic E-state index is -0.777. The van der Waals surface area contributed by atoms with E-state index >= 15 is 0 Å². The number of nitrogens with zero attached hydrogens (tertiary/aromatic N) is 3. The van der Waals surface area contributed by atoms with Gasteiger partial charge in [-0.1, -0.05) is 0 Å². The molecule has 3 aliphatic rings. The van der Waals surface area contributed by atoms with Gasteiger partial charge in [-0.25, -0.2) is 4.79 Å². The Hall–Kier alpha value is -1.30. The molecule has 0 aromatic carbocycles. The number of aliphatic carboxylic acids is 1. The van der Waals surface area contributed by atoms with Crippen LogP contribution in [-0.4, -0.2) is 77.1 Å². The number of hydrogen-bond donors (Lipinski definition) is 1. The molecule has 20 heavy (non-hydrogen) atoms. The summed E-state index contributed by atoms with van der Waals surface area (Å²) in [7, 11) is 0. The van der Waals surface area contributed by atoms with E-state index in [0.717, 1.165) is 38.6 Å². The lowest BCUT2D eigenvalue weighted by molar-refractivity contribution is -0.143. The van der Waals surface area contributed by atoms with E-state index in [9.17, 15) is 9.59 Å². The molecule has 1 atom stereocenters. The van der Waals surface area contributed by atoms with Crippen molar-refractivity contribution in [2.45, 2.75) is 31.7 Å². The Balaban J connectivity index is 1.52. The van der Waals surface area contributed by atoms with Crippen molar-refractivity contribution in [1.29, 1.82) is 0 Å². The zero-order valence-corrected chi connectivity index (χ0v) is 11.8. The zero-order valence-electron chi connectivity index (χ0n) is 11.8. The van der Waals surface area contributed by atoms with Gasteiger partial charge in [-0.05, 0) is 25.7 Å². The van der Waals surface area contributed by atoms with Gasteiger partial charge in [0.2, 0.25) is 0 Å². The van der Waals surface area contributed by atoms with Crippen LogP contribution < -0.4 is 0 Å². The Morgan fingerprint density at radius 3 is 2.20 bits per heavy atom. The minimum absolute atomic E-state index is 0.0337. The number of likely N-dealkylation sites (tertiary alicyclic amines) is 1. The molecule has 0 bridgehead atoms. The van der Waals surface area contributed by atoms with E-state index in [2.05, 4.69) is 4.90 Å². The second-order valence-electron chi connectivity index (χ2n) is 6.16. The summed E-state index contributed by atoms with van der Waals surface area (Å²) < 4.78 is 0. The highest BCUT2D eigenvalue weighted by atomic mass is 16.4. The molecule has 1 saturated carbocycles. The third-order valence-electron chi connectivity index (χ3n) is 4.69. The molecule has 1 aliphatic carbocycles. The van der Waals surface area contributed by atoms with E-state index in [0.29, 0.717) is 19.5 Å². The van der Waals surface area contributed by atoms with Gasteiger partial charge in [-0.3, -0.25) is 9.69 Å². The molecule has 6 nitrogen and oxygen atoms in total. The van der Waals surface area contributed by atoms with E-state index in [4.69, 9.17) is 5.11 Å². The number of urea groups is 1. The van der Waals surface area contributed by atoms with Crippen molar-refractivity contribution >= 4 is 12.0 Å². The van der Waals surface area contributed by atoms with Crippen LogP contribution in [0.2, 0.25) is 0 Å². The summed E-state index contributed by atoms with van der Waals surface area (Å²) in [5.41, 5.74) is 0. The van der Waals surface area contributed by atoms with Gasteiger partial charge in [0.15, 0.2) is 0 Å². The molecule has 3 rings (SSSR count). The van der Waals surface area contributed by atoms with Crippen molar-refractivity contribution < 1.29 is 14.7 Å². The number of rotatable bonds is 2. The van der Waals surface area contributed by atoms with Crippen LogP contribution >= 0.6 is 0 Å². The number of amides is 2. The summed E-state index contributed by atoms with van der Waals surface area (Å²) in [6.45, 7) is 4.56. The maximum atomic E-state index is 12.5. The third-order valence-corrected chi connectivity index (χ3v) is 4.69. The molecule has 2 amide bonds. The predicted molar refractivity (Wildman–Crippen MR) is 73.5 cm³/mol. The van der Waals surface area contributed by atoms with Crippen LogP contribution in [0.3, 0.4) is 0 Å². The lowest BCUT2D eigenvalue weighted by Crippen LogP contribution is -2.55. The molecule has 0 aromatic rings. The van der Waals surface area contributed by atoms with Crippen molar-refractivity contribution in [2.75, 3.05) is 39.3 Å². The van der Waals surface area contributed by atoms with Gasteiger partial charge in [0.1, 0.15) is 0 Å². The van der Waals surface area contributed by atoms with Gasteiger partial charge < -0.3 is 14.9 Å². The first-order valence-corrected chi connectivity index (χ1v) is 7.66. The molecule has 112 valence electrons. The zero-order chi connectivity index (χ0) is 14.1. The first-order valence-electron chi connectivity index (χ1n) is 7.66. The normalized spacial score (nSPS) is 28.5. The first kappa shape index (κ1) is 13.7. The van der Waals surface area contributed by atoms with Crippen molar-refractivity contribution in [2.24, 2.45) is 5.92 Å². The fourth-order valence-electron chi connectivity index (χ4n) is 3.27. The molecule has 0 aromatic heterocycles. The molecule has 1 N–H and O–H groups in total. The Kier molecular flexibility index (Phi) is 3.83. The first-order chi connectivity index (χ1) is 9.65. The van der Waals surface area contributed by atoms with Crippen molar-refractivity contribution in [3.63, 3.8) is 0 Å². The Morgan fingerprint density at radius 1 is 0.900 bits per heavy atom. The van der Waals surface area contributed by atoms with E-state index in [1.807, 2.05) is 4.90 Å². The number of piperidine rings is 1. The van der Waals surface area contributed by atoms with Gasteiger partial charge >= 0.3 is 12.0 Å². The summed E-state index contributed by atoms with van der Waals surface area (Å²) in [6, 6.07) is 0.796. The van der Waals surface area contributed by atoms with Gasteiger partial charge in [-0.15, -0.1) is 0 Å². The largest absolute Gasteiger partial charge is 0.481 e. The fourth-order valence-corrected chi connectivity index (χ4v) is 3.27. The highest BCUT2D eigenvalue weighted by Gasteiger charge is 2.35. The maximum Gasteiger partial charge on any atom is 0.320 e. The average Bonchev–Trinajstić information content (AvgIpc) is 3.31. The second-order valence-corrected chi connectivity index (χ2v) is 6.16. The fraction of sp³-hybridized carbons (Fsp3) is 0.857. The van der Waals surface area contributed by atoms with Crippen molar-refractivity contribution in [3.8, 4) is 0 Å². The quantitative estimate of drug-likeness (QED) is 0.808. The number of piperazine rings is 1. The molecule has 3 fully saturated rings. The van der Waals surface area contributed by atoms with E-state index in [-0.39, 0.29) is 11.9 Å². The number of carbonyl (C=O) groups is 2. The number of carboxylic acids is 1. The van der Waals surface area contributed by atoms with Crippen molar-refractivity contribution in [1.82, 2.24) is 14.7 Å². The maximum absolute atomic E-state index is 12.5. The highest BCUT2D eigenvalue weighted by Crippen LogP contribution is 2.27. The smallest absolute Gasteiger partial charge is 0.320 e. The molecule has 2 heterocycles. The summed E-state index contributed by atoms with van der Waals surface area (Å²) >= 11 is 0. The Labute approximate surface area is 119 Å². The summed E-state index contributed by atoms with van der Waals surface area (Å²) in [5, 5.41) is 9.09. The number of hydrogen-bond acceptors (Lipinski definition) is 3. The number of carboxylic acid groups (broad SMARTS) is 1. The monoisotopic (exact) mass is 281 g/mol. The van der Waals surface area contributed by atoms with Gasteiger partial charge in [-0.2, -0.15) is 0 Å². The summed E-state index contributed by atoms with van der Waals surface area (Å²) in [5.74, 6) is -1.17. The SMILES string of the molecule is O=C(O)[C@H]1CCCN(C(=O)N2CCN(C3CC3)CC2)C1. The Bertz CT molecular complexity index is 389. The molecule has 6 heteroatoms. The summed E-state index contributed by atoms with van der Waals surface area (Å²) in [4.78, 5) is 29.6. The highest BCUT2D eigenvalue weighted by molar-refractivity contribution is 5.76. The van der Waals surface area contributed by atoms with E-state index in [1.165, 1.54) is 12.8 Å². The lowest BCUT2D eigenvalue weighted by Gasteiger charge is -2.39. The minimum Gasteiger partial charge on any atom is -0.481 e. The van der Waals surface area contributed by atoms with Crippen LogP contribution in [0.1, 0.15) is 25.7 Å². The third kappa shape index (κ3) is 2.90. The summed E-state index contributed by atoms with van der Waals surface area (Å²) in [6.07, 6.45) is 4.10. The van der Waals surface area contributed by atoms with Crippen LogP contribution in [0, 0.1) is 5.92 Å². The molecule has 2 saturated heterocycles. The van der Waals surface area contributed by atoms with Crippen molar-refractivity contribution in [3.05, 3.63) is 0 Å². The molecular weight excluding hydrogens is 258 g/mol. The molecule has 0 unspecified atom stereocenters. The van der Waals surface area contributed by atoms with Crippen LogP contribution in [0.5, 0.6) is 0 Å². The van der Waals surface area contributed by atoms with E-state index < -0.39 is 5.97 Å². The average molecular weight is 281 g/mol. The topological polar surface area (TPSA) is 64.1 Å². The lowest BCUT2D eigenvalue weighted by atomic mass is 9.98. The molecule has 2 aliphatic heterocycles. The van der Waals surface area contributed by atoms with E-state index in [1.54, 1.807) is 4.90 Å². The van der Waals surface area contributed by atoms with Crippen LogP contribution in [0.25, 0.3) is 0 Å². The van der Waals surface area contributed by atoms with Gasteiger partial charge in [0.05, 0.1) is 5.92 Å². The standard InChI is InChI=1S/C14H23N3O3/c18-13(19)11-2-1-5-17(10-11)14(20)16-8-6-15(7-9-16)12-3-4-12/h11-12H,1-10H2,(H,18,19)/t11-/m0/s1.